The predicted octanol–water partition coefficient (Wildman–Crippen LogP) is 4.19. The first-order valence-electron chi connectivity index (χ1n) is 12.6. The van der Waals surface area contributed by atoms with Gasteiger partial charge in [0.05, 0.1) is 18.0 Å². The highest BCUT2D eigenvalue weighted by molar-refractivity contribution is 6.30. The summed E-state index contributed by atoms with van der Waals surface area (Å²) in [6.45, 7) is 5.56. The van der Waals surface area contributed by atoms with Crippen LogP contribution in [-0.4, -0.2) is 70.3 Å². The largest absolute Gasteiger partial charge is 0.481 e. The second-order valence-corrected chi connectivity index (χ2v) is 10.8. The molecular weight excluding hydrogens is 548 g/mol. The van der Waals surface area contributed by atoms with Crippen molar-refractivity contribution in [2.24, 2.45) is 0 Å². The number of hydrogen-bond donors (Lipinski definition) is 3. The topological polar surface area (TPSA) is 114 Å². The molecule has 40 heavy (non-hydrogen) atoms. The Bertz CT molecular complexity index is 1330. The molecule has 0 spiro atoms. The van der Waals surface area contributed by atoms with Gasteiger partial charge in [-0.1, -0.05) is 17.7 Å². The average molecular weight is 578 g/mol. The molecule has 0 aromatic heterocycles. The smallest absolute Gasteiger partial charge is 0.408 e. The second kappa shape index (κ2) is 11.6. The third-order valence-corrected chi connectivity index (χ3v) is 6.53. The number of alkyl carbamates (subject to hydrolysis) is 1. The number of fused-ring (bicyclic) bond motifs is 1. The maximum absolute atomic E-state index is 14.1. The molecule has 2 heterocycles. The van der Waals surface area contributed by atoms with Crippen LogP contribution in [0.5, 0.6) is 0 Å². The number of nitrogens with one attached hydrogen (secondary N) is 2. The number of hydrogen-bond acceptors (Lipinski definition) is 7. The van der Waals surface area contributed by atoms with Crippen molar-refractivity contribution < 1.29 is 33.0 Å². The number of anilines is 2. The molecule has 13 heteroatoms. The van der Waals surface area contributed by atoms with Gasteiger partial charge in [0, 0.05) is 30.7 Å². The van der Waals surface area contributed by atoms with Crippen LogP contribution in [0.4, 0.5) is 25.0 Å². The lowest BCUT2D eigenvalue weighted by Gasteiger charge is -2.43. The number of aliphatic carboxylic acids is 1. The molecule has 0 bridgehead atoms. The number of benzene rings is 2. The van der Waals surface area contributed by atoms with Crippen molar-refractivity contribution in [3.05, 3.63) is 71.1 Å². The number of halogens is 3. The van der Waals surface area contributed by atoms with Gasteiger partial charge in [-0.25, -0.2) is 13.6 Å². The highest BCUT2D eigenvalue weighted by Gasteiger charge is 2.41. The van der Waals surface area contributed by atoms with Crippen LogP contribution in [0, 0.1) is 11.6 Å². The van der Waals surface area contributed by atoms with Crippen molar-refractivity contribution in [3.8, 4) is 0 Å². The summed E-state index contributed by atoms with van der Waals surface area (Å²) in [7, 11) is 0. The van der Waals surface area contributed by atoms with Gasteiger partial charge in [-0.05, 0) is 57.2 Å². The van der Waals surface area contributed by atoms with E-state index in [0.717, 1.165) is 0 Å². The fraction of sp³-hybridized carbons (Fsp3) is 0.370. The molecular formula is C27H30ClF2N5O5. The van der Waals surface area contributed by atoms with Crippen LogP contribution in [0.15, 0.2) is 54.5 Å². The number of rotatable bonds is 7. The van der Waals surface area contributed by atoms with Crippen molar-refractivity contribution in [1.29, 1.82) is 0 Å². The van der Waals surface area contributed by atoms with Crippen LogP contribution < -0.4 is 15.5 Å². The normalized spacial score (nSPS) is 17.6. The minimum Gasteiger partial charge on any atom is -0.481 e. The minimum atomic E-state index is -1.36. The molecule has 3 N–H and O–H groups in total. The molecule has 1 unspecified atom stereocenters. The summed E-state index contributed by atoms with van der Waals surface area (Å²) >= 11 is 5.81. The molecule has 2 aliphatic heterocycles. The monoisotopic (exact) mass is 577 g/mol. The van der Waals surface area contributed by atoms with Gasteiger partial charge in [0.25, 0.3) is 0 Å². The number of amides is 2. The molecule has 1 saturated heterocycles. The zero-order chi connectivity index (χ0) is 29.2. The van der Waals surface area contributed by atoms with Crippen LogP contribution in [0.25, 0.3) is 0 Å². The number of carbonyl (C=O) groups excluding carboxylic acids is 2. The predicted molar refractivity (Wildman–Crippen MR) is 144 cm³/mol. The van der Waals surface area contributed by atoms with E-state index in [0.29, 0.717) is 23.7 Å². The first-order valence-corrected chi connectivity index (χ1v) is 12.9. The van der Waals surface area contributed by atoms with Crippen LogP contribution >= 0.6 is 11.6 Å². The molecule has 2 aromatic carbocycles. The molecule has 4 rings (SSSR count). The zero-order valence-electron chi connectivity index (χ0n) is 22.2. The van der Waals surface area contributed by atoms with Gasteiger partial charge in [0.1, 0.15) is 35.3 Å². The molecule has 2 aromatic rings. The van der Waals surface area contributed by atoms with E-state index in [1.807, 2.05) is 4.90 Å². The Labute approximate surface area is 235 Å². The van der Waals surface area contributed by atoms with Gasteiger partial charge >= 0.3 is 12.1 Å². The first kappa shape index (κ1) is 28.9. The van der Waals surface area contributed by atoms with E-state index in [1.54, 1.807) is 50.1 Å². The highest BCUT2D eigenvalue weighted by atomic mass is 35.5. The number of nitrogens with zero attached hydrogens (tertiary/aromatic N) is 3. The van der Waals surface area contributed by atoms with E-state index in [-0.39, 0.29) is 18.1 Å². The van der Waals surface area contributed by atoms with Gasteiger partial charge in [0.15, 0.2) is 0 Å². The lowest BCUT2D eigenvalue weighted by molar-refractivity contribution is -0.143. The quantitative estimate of drug-likeness (QED) is 0.449. The van der Waals surface area contributed by atoms with Crippen molar-refractivity contribution in [2.45, 2.75) is 45.0 Å². The Morgan fingerprint density at radius 3 is 2.55 bits per heavy atom. The first-order chi connectivity index (χ1) is 18.8. The summed E-state index contributed by atoms with van der Waals surface area (Å²) in [4.78, 5) is 42.5. The van der Waals surface area contributed by atoms with Gasteiger partial charge in [-0.2, -0.15) is 0 Å². The second-order valence-electron chi connectivity index (χ2n) is 10.4. The van der Waals surface area contributed by atoms with E-state index in [4.69, 9.17) is 16.3 Å². The Hall–Kier alpha value is -4.06. The Balaban J connectivity index is 1.57. The van der Waals surface area contributed by atoms with E-state index < -0.39 is 53.8 Å². The maximum atomic E-state index is 14.1. The zero-order valence-corrected chi connectivity index (χ0v) is 22.9. The minimum absolute atomic E-state index is 0.0201. The number of carbonyl (C=O) groups is 3. The van der Waals surface area contributed by atoms with E-state index in [1.165, 1.54) is 29.2 Å². The maximum Gasteiger partial charge on any atom is 0.408 e. The molecule has 2 aliphatic rings. The SMILES string of the molecule is CC(C)(C)OC(=O)N[C@@H](CC(=O)O)C(=O)N1CCN2C(Nc3ccc(Cl)c(F)c3)=CN(c3cccc(F)c3)C2C1. The summed E-state index contributed by atoms with van der Waals surface area (Å²) in [6.07, 6.45) is -0.320. The van der Waals surface area contributed by atoms with Crippen LogP contribution in [0.1, 0.15) is 27.2 Å². The molecule has 0 saturated carbocycles. The summed E-state index contributed by atoms with van der Waals surface area (Å²) in [6, 6.07) is 8.86. The molecule has 2 atom stereocenters. The van der Waals surface area contributed by atoms with E-state index in [9.17, 15) is 28.3 Å². The summed E-state index contributed by atoms with van der Waals surface area (Å²) in [5.41, 5.74) is 0.108. The van der Waals surface area contributed by atoms with Crippen LogP contribution in [-0.2, 0) is 14.3 Å². The van der Waals surface area contributed by atoms with Crippen LogP contribution in [0.2, 0.25) is 5.02 Å². The van der Waals surface area contributed by atoms with Gasteiger partial charge in [-0.3, -0.25) is 9.59 Å². The average Bonchev–Trinajstić information content (AvgIpc) is 3.21. The fourth-order valence-corrected chi connectivity index (χ4v) is 4.65. The van der Waals surface area contributed by atoms with Gasteiger partial charge in [-0.15, -0.1) is 0 Å². The molecule has 2 amide bonds. The van der Waals surface area contributed by atoms with Gasteiger partial charge in [0.2, 0.25) is 5.91 Å². The van der Waals surface area contributed by atoms with Crippen molar-refractivity contribution in [1.82, 2.24) is 15.1 Å². The number of ether oxygens (including phenoxy) is 1. The lowest BCUT2D eigenvalue weighted by atomic mass is 10.1. The standard InChI is InChI=1S/C27H30ClF2N5O5/c1-27(2,3)40-26(39)32-21(13-24(36)37)25(38)33-9-10-34-22(31-17-7-8-19(28)20(30)12-17)14-35(23(34)15-33)18-6-4-5-16(29)11-18/h4-8,11-12,14,21,23,31H,9-10,13,15H2,1-3H3,(H,32,39)(H,36,37)/t21-,23?/m0/s1. The highest BCUT2D eigenvalue weighted by Crippen LogP contribution is 2.33. The molecule has 1 fully saturated rings. The summed E-state index contributed by atoms with van der Waals surface area (Å²) < 4.78 is 33.4. The third-order valence-electron chi connectivity index (χ3n) is 6.22. The van der Waals surface area contributed by atoms with Crippen molar-refractivity contribution >= 4 is 40.9 Å². The summed E-state index contributed by atoms with van der Waals surface area (Å²) in [5, 5.41) is 14.9. The van der Waals surface area contributed by atoms with Crippen molar-refractivity contribution in [2.75, 3.05) is 29.9 Å². The third kappa shape index (κ3) is 6.92. The van der Waals surface area contributed by atoms with E-state index >= 15 is 0 Å². The Morgan fingerprint density at radius 2 is 1.90 bits per heavy atom. The summed E-state index contributed by atoms with van der Waals surface area (Å²) in [5.74, 6) is -2.32. The van der Waals surface area contributed by atoms with Crippen molar-refractivity contribution in [3.63, 3.8) is 0 Å². The van der Waals surface area contributed by atoms with Gasteiger partial charge < -0.3 is 35.2 Å². The molecule has 10 nitrogen and oxygen atoms in total. The Morgan fingerprint density at radius 1 is 1.15 bits per heavy atom. The number of carboxylic acids is 1. The van der Waals surface area contributed by atoms with E-state index in [2.05, 4.69) is 10.6 Å². The fourth-order valence-electron chi connectivity index (χ4n) is 4.53. The number of piperazine rings is 1. The molecule has 214 valence electrons. The lowest BCUT2D eigenvalue weighted by Crippen LogP contribution is -2.60. The number of carboxylic acid groups (broad SMARTS) is 1. The van der Waals surface area contributed by atoms with Crippen LogP contribution in [0.3, 0.4) is 0 Å². The Kier molecular flexibility index (Phi) is 8.38. The molecule has 0 aliphatic carbocycles. The molecule has 0 radical (unpaired) electrons.